The summed E-state index contributed by atoms with van der Waals surface area (Å²) < 4.78 is 0. The van der Waals surface area contributed by atoms with Gasteiger partial charge in [-0.3, -0.25) is 4.79 Å². The van der Waals surface area contributed by atoms with Crippen molar-refractivity contribution >= 4 is 5.97 Å². The van der Waals surface area contributed by atoms with Crippen molar-refractivity contribution in [3.05, 3.63) is 23.3 Å². The third kappa shape index (κ3) is 1.81. The van der Waals surface area contributed by atoms with E-state index in [0.29, 0.717) is 12.3 Å². The van der Waals surface area contributed by atoms with E-state index in [4.69, 9.17) is 5.11 Å². The van der Waals surface area contributed by atoms with Crippen LogP contribution in [0.3, 0.4) is 0 Å². The number of nitrogens with zero attached hydrogens (tertiary/aromatic N) is 2. The van der Waals surface area contributed by atoms with Gasteiger partial charge in [0.1, 0.15) is 5.82 Å². The van der Waals surface area contributed by atoms with Crippen LogP contribution in [-0.2, 0) is 11.2 Å². The Kier molecular flexibility index (Phi) is 2.57. The minimum atomic E-state index is -0.750. The van der Waals surface area contributed by atoms with Crippen molar-refractivity contribution in [3.63, 3.8) is 0 Å². The highest BCUT2D eigenvalue weighted by molar-refractivity contribution is 5.76. The molecule has 0 amide bonds. The molecule has 1 unspecified atom stereocenters. The molecule has 0 spiro atoms. The molecule has 0 bridgehead atoms. The first kappa shape index (κ1) is 10.7. The van der Waals surface area contributed by atoms with Crippen molar-refractivity contribution in [2.45, 2.75) is 50.4 Å². The van der Waals surface area contributed by atoms with Gasteiger partial charge in [-0.05, 0) is 31.2 Å². The lowest BCUT2D eigenvalue weighted by molar-refractivity contribution is -0.138. The highest BCUT2D eigenvalue weighted by Crippen LogP contribution is 2.36. The molecule has 1 N–H and O–H groups in total. The number of hydrogen-bond acceptors (Lipinski definition) is 3. The van der Waals surface area contributed by atoms with Gasteiger partial charge in [-0.1, -0.05) is 12.8 Å². The van der Waals surface area contributed by atoms with Gasteiger partial charge in [0.2, 0.25) is 0 Å². The van der Waals surface area contributed by atoms with Gasteiger partial charge < -0.3 is 5.11 Å². The molecule has 2 aliphatic rings. The fraction of sp³-hybridized carbons (Fsp3) is 0.615. The number of hydrogen-bond donors (Lipinski definition) is 1. The highest BCUT2D eigenvalue weighted by Gasteiger charge is 2.31. The monoisotopic (exact) mass is 232 g/mol. The van der Waals surface area contributed by atoms with Crippen LogP contribution < -0.4 is 0 Å². The minimum Gasteiger partial charge on any atom is -0.481 e. The largest absolute Gasteiger partial charge is 0.481 e. The predicted octanol–water partition coefficient (Wildman–Crippen LogP) is 2.25. The molecule has 1 heterocycles. The Hall–Kier alpha value is -1.45. The summed E-state index contributed by atoms with van der Waals surface area (Å²) in [5.74, 6) is 0.165. The zero-order valence-electron chi connectivity index (χ0n) is 9.72. The summed E-state index contributed by atoms with van der Waals surface area (Å²) in [5, 5.41) is 9.16. The topological polar surface area (TPSA) is 63.1 Å². The van der Waals surface area contributed by atoms with Gasteiger partial charge in [-0.25, -0.2) is 9.97 Å². The first-order chi connectivity index (χ1) is 8.25. The van der Waals surface area contributed by atoms with E-state index in [1.165, 1.54) is 12.8 Å². The van der Waals surface area contributed by atoms with Crippen LogP contribution in [0.5, 0.6) is 0 Å². The lowest BCUT2D eigenvalue weighted by atomic mass is 10.1. The zero-order valence-corrected chi connectivity index (χ0v) is 9.72. The van der Waals surface area contributed by atoms with Gasteiger partial charge in [0.05, 0.1) is 11.6 Å². The van der Waals surface area contributed by atoms with Gasteiger partial charge in [-0.15, -0.1) is 0 Å². The minimum absolute atomic E-state index is 0.409. The third-order valence-corrected chi connectivity index (χ3v) is 3.97. The van der Waals surface area contributed by atoms with E-state index in [-0.39, 0.29) is 0 Å². The number of rotatable bonds is 2. The molecule has 1 aromatic rings. The summed E-state index contributed by atoms with van der Waals surface area (Å²) in [7, 11) is 0. The lowest BCUT2D eigenvalue weighted by Crippen LogP contribution is -2.12. The summed E-state index contributed by atoms with van der Waals surface area (Å²) in [5.41, 5.74) is 1.80. The van der Waals surface area contributed by atoms with Crippen LogP contribution >= 0.6 is 0 Å². The number of carboxylic acid groups (broad SMARTS) is 1. The van der Waals surface area contributed by atoms with Crippen LogP contribution in [0, 0.1) is 0 Å². The highest BCUT2D eigenvalue weighted by atomic mass is 16.4. The Morgan fingerprint density at radius 1 is 1.29 bits per heavy atom. The van der Waals surface area contributed by atoms with Gasteiger partial charge in [0.25, 0.3) is 0 Å². The number of aromatic nitrogens is 2. The fourth-order valence-corrected chi connectivity index (χ4v) is 2.99. The molecule has 17 heavy (non-hydrogen) atoms. The maximum atomic E-state index is 11.1. The molecule has 1 fully saturated rings. The smallest absolute Gasteiger partial charge is 0.312 e. The average molecular weight is 232 g/mol. The number of fused-ring (bicyclic) bond motifs is 1. The SMILES string of the molecule is O=C(O)C1CCc2cnc(C3CCCC3)nc21. The van der Waals surface area contributed by atoms with Crippen LogP contribution in [0.2, 0.25) is 0 Å². The lowest BCUT2D eigenvalue weighted by Gasteiger charge is -2.10. The second kappa shape index (κ2) is 4.09. The van der Waals surface area contributed by atoms with Gasteiger partial charge in [-0.2, -0.15) is 0 Å². The standard InChI is InChI=1S/C13H16N2O2/c16-13(17)10-6-5-9-7-14-12(15-11(9)10)8-3-1-2-4-8/h7-8,10H,1-6H2,(H,16,17). The van der Waals surface area contributed by atoms with E-state index >= 15 is 0 Å². The maximum absolute atomic E-state index is 11.1. The number of carboxylic acids is 1. The van der Waals surface area contributed by atoms with Crippen LogP contribution in [0.1, 0.15) is 61.0 Å². The van der Waals surface area contributed by atoms with Crippen molar-refractivity contribution in [2.24, 2.45) is 0 Å². The third-order valence-electron chi connectivity index (χ3n) is 3.97. The summed E-state index contributed by atoms with van der Waals surface area (Å²) in [6.45, 7) is 0. The molecule has 4 nitrogen and oxygen atoms in total. The molecule has 0 aliphatic heterocycles. The normalized spacial score (nSPS) is 23.9. The molecule has 90 valence electrons. The Morgan fingerprint density at radius 2 is 2.06 bits per heavy atom. The summed E-state index contributed by atoms with van der Waals surface area (Å²) in [6.07, 6.45) is 8.11. The van der Waals surface area contributed by atoms with E-state index in [2.05, 4.69) is 9.97 Å². The molecule has 0 radical (unpaired) electrons. The summed E-state index contributed by atoms with van der Waals surface area (Å²) >= 11 is 0. The fourth-order valence-electron chi connectivity index (χ4n) is 2.99. The second-order valence-corrected chi connectivity index (χ2v) is 5.05. The van der Waals surface area contributed by atoms with Gasteiger partial charge in [0, 0.05) is 12.1 Å². The molecule has 1 saturated carbocycles. The molecule has 3 rings (SSSR count). The van der Waals surface area contributed by atoms with Crippen LogP contribution in [-0.4, -0.2) is 21.0 Å². The van der Waals surface area contributed by atoms with Crippen molar-refractivity contribution < 1.29 is 9.90 Å². The summed E-state index contributed by atoms with van der Waals surface area (Å²) in [6, 6.07) is 0. The van der Waals surface area contributed by atoms with Crippen LogP contribution in [0.25, 0.3) is 0 Å². The first-order valence-corrected chi connectivity index (χ1v) is 6.34. The quantitative estimate of drug-likeness (QED) is 0.849. The summed E-state index contributed by atoms with van der Waals surface area (Å²) in [4.78, 5) is 20.1. The molecule has 2 aliphatic carbocycles. The van der Waals surface area contributed by atoms with E-state index in [0.717, 1.165) is 36.3 Å². The van der Waals surface area contributed by atoms with Crippen molar-refractivity contribution in [2.75, 3.05) is 0 Å². The first-order valence-electron chi connectivity index (χ1n) is 6.34. The van der Waals surface area contributed by atoms with Crippen molar-refractivity contribution in [1.82, 2.24) is 9.97 Å². The Labute approximate surface area is 100 Å². The van der Waals surface area contributed by atoms with Crippen LogP contribution in [0.4, 0.5) is 0 Å². The number of aliphatic carboxylic acids is 1. The average Bonchev–Trinajstić information content (AvgIpc) is 2.97. The van der Waals surface area contributed by atoms with Gasteiger partial charge in [0.15, 0.2) is 0 Å². The van der Waals surface area contributed by atoms with E-state index in [1.54, 1.807) is 0 Å². The Balaban J connectivity index is 1.94. The molecule has 0 aromatic carbocycles. The zero-order chi connectivity index (χ0) is 11.8. The molecule has 4 heteroatoms. The number of carbonyl (C=O) groups is 1. The molecule has 0 saturated heterocycles. The molecule has 1 atom stereocenters. The van der Waals surface area contributed by atoms with Gasteiger partial charge >= 0.3 is 5.97 Å². The maximum Gasteiger partial charge on any atom is 0.312 e. The van der Waals surface area contributed by atoms with Crippen molar-refractivity contribution in [3.8, 4) is 0 Å². The molecule has 1 aromatic heterocycles. The van der Waals surface area contributed by atoms with E-state index in [1.807, 2.05) is 6.20 Å². The molecular formula is C13H16N2O2. The number of aryl methyl sites for hydroxylation is 1. The molecular weight excluding hydrogens is 216 g/mol. The van der Waals surface area contributed by atoms with Crippen LogP contribution in [0.15, 0.2) is 6.20 Å². The van der Waals surface area contributed by atoms with E-state index < -0.39 is 11.9 Å². The second-order valence-electron chi connectivity index (χ2n) is 5.05. The Morgan fingerprint density at radius 3 is 2.76 bits per heavy atom. The van der Waals surface area contributed by atoms with Crippen molar-refractivity contribution in [1.29, 1.82) is 0 Å². The van der Waals surface area contributed by atoms with E-state index in [9.17, 15) is 4.79 Å². The predicted molar refractivity (Wildman–Crippen MR) is 61.9 cm³/mol. The Bertz CT molecular complexity index is 453.